The molecule has 0 bridgehead atoms. The van der Waals surface area contributed by atoms with E-state index in [2.05, 4.69) is 5.32 Å². The lowest BCUT2D eigenvalue weighted by Gasteiger charge is -2.42. The number of nitrogens with one attached hydrogen (secondary N) is 1. The minimum Gasteiger partial charge on any atom is -0.409 e. The topological polar surface area (TPSA) is 105 Å². The lowest BCUT2D eigenvalue weighted by Crippen LogP contribution is -2.63. The number of hydrogen-bond acceptors (Lipinski definition) is 7. The molecular weight excluding hydrogens is 596 g/mol. The van der Waals surface area contributed by atoms with E-state index in [9.17, 15) is 14.4 Å². The predicted octanol–water partition coefficient (Wildman–Crippen LogP) is 6.34. The van der Waals surface area contributed by atoms with Crippen LogP contribution in [0.25, 0.3) is 0 Å². The lowest BCUT2D eigenvalue weighted by atomic mass is 9.83. The molecule has 1 saturated heterocycles. The normalized spacial score (nSPS) is 20.8. The maximum Gasteiger partial charge on any atom is 0.415 e. The fraction of sp³-hybridized carbons (Fsp3) is 0.618. The van der Waals surface area contributed by atoms with E-state index in [1.807, 2.05) is 17.5 Å². The Morgan fingerprint density at radius 1 is 1.02 bits per heavy atom. The van der Waals surface area contributed by atoms with Gasteiger partial charge in [-0.3, -0.25) is 9.59 Å². The van der Waals surface area contributed by atoms with Crippen molar-refractivity contribution in [2.75, 3.05) is 19.6 Å². The molecule has 0 spiro atoms. The summed E-state index contributed by atoms with van der Waals surface area (Å²) in [6, 6.07) is 8.40. The predicted molar refractivity (Wildman–Crippen MR) is 175 cm³/mol. The zero-order valence-corrected chi connectivity index (χ0v) is 27.3. The molecule has 2 amide bonds. The highest BCUT2D eigenvalue weighted by Gasteiger charge is 2.40. The van der Waals surface area contributed by atoms with E-state index in [0.717, 1.165) is 42.5 Å². The fourth-order valence-electron chi connectivity index (χ4n) is 7.02. The summed E-state index contributed by atoms with van der Waals surface area (Å²) in [5, 5.41) is 6.08. The number of carbonyl (C=O) groups is 3. The average Bonchev–Trinajstić information content (AvgIpc) is 3.58. The molecule has 5 rings (SSSR count). The second-order valence-electron chi connectivity index (χ2n) is 12.7. The van der Waals surface area contributed by atoms with Crippen molar-refractivity contribution >= 4 is 40.7 Å². The Kier molecular flexibility index (Phi) is 12.1. The summed E-state index contributed by atoms with van der Waals surface area (Å²) in [5.41, 5.74) is 6.54. The van der Waals surface area contributed by atoms with Crippen LogP contribution in [0.1, 0.15) is 87.5 Å². The van der Waals surface area contributed by atoms with E-state index in [1.54, 1.807) is 34.4 Å². The van der Waals surface area contributed by atoms with Crippen molar-refractivity contribution in [3.63, 3.8) is 0 Å². The number of hydrogen-bond donors (Lipinski definition) is 2. The van der Waals surface area contributed by atoms with E-state index < -0.39 is 12.1 Å². The third-order valence-corrected chi connectivity index (χ3v) is 10.8. The Balaban J connectivity index is 1.32. The summed E-state index contributed by atoms with van der Waals surface area (Å²) >= 11 is 7.98. The van der Waals surface area contributed by atoms with Crippen LogP contribution in [0.15, 0.2) is 35.7 Å². The first-order valence-corrected chi connectivity index (χ1v) is 17.7. The van der Waals surface area contributed by atoms with Gasteiger partial charge >= 0.3 is 6.09 Å². The molecule has 1 aliphatic heterocycles. The highest BCUT2D eigenvalue weighted by atomic mass is 35.5. The van der Waals surface area contributed by atoms with Crippen molar-refractivity contribution in [2.24, 2.45) is 11.7 Å². The number of thiophene rings is 1. The molecule has 3 fully saturated rings. The molecule has 2 atom stereocenters. The largest absolute Gasteiger partial charge is 0.415 e. The number of ketones is 1. The van der Waals surface area contributed by atoms with Gasteiger partial charge < -0.3 is 25.6 Å². The Morgan fingerprint density at radius 2 is 1.77 bits per heavy atom. The van der Waals surface area contributed by atoms with Gasteiger partial charge in [0, 0.05) is 37.0 Å². The van der Waals surface area contributed by atoms with Crippen molar-refractivity contribution < 1.29 is 19.1 Å². The van der Waals surface area contributed by atoms with Crippen LogP contribution in [0.4, 0.5) is 4.79 Å². The molecular formula is C34H47ClN4O4S. The van der Waals surface area contributed by atoms with E-state index >= 15 is 0 Å². The maximum absolute atomic E-state index is 14.4. The first-order chi connectivity index (χ1) is 21.4. The molecule has 2 aromatic rings. The Labute approximate surface area is 270 Å². The number of halogens is 1. The van der Waals surface area contributed by atoms with Crippen LogP contribution < -0.4 is 15.8 Å². The molecule has 1 aromatic heterocycles. The zero-order chi connectivity index (χ0) is 30.9. The molecule has 240 valence electrons. The van der Waals surface area contributed by atoms with Gasteiger partial charge in [0.05, 0.1) is 17.6 Å². The summed E-state index contributed by atoms with van der Waals surface area (Å²) in [4.78, 5) is 46.0. The maximum atomic E-state index is 14.4. The minimum atomic E-state index is -0.721. The molecule has 44 heavy (non-hydrogen) atoms. The van der Waals surface area contributed by atoms with Crippen LogP contribution in [-0.2, 0) is 22.6 Å². The van der Waals surface area contributed by atoms with Gasteiger partial charge in [0.15, 0.2) is 11.5 Å². The second kappa shape index (κ2) is 16.2. The number of amides is 2. The molecule has 0 radical (unpaired) electrons. The summed E-state index contributed by atoms with van der Waals surface area (Å²) in [6.45, 7) is 1.01. The van der Waals surface area contributed by atoms with Crippen LogP contribution in [0, 0.1) is 5.92 Å². The number of rotatable bonds is 11. The van der Waals surface area contributed by atoms with E-state index in [0.29, 0.717) is 36.4 Å². The van der Waals surface area contributed by atoms with Crippen molar-refractivity contribution in [3.8, 4) is 5.75 Å². The highest BCUT2D eigenvalue weighted by molar-refractivity contribution is 7.09. The third kappa shape index (κ3) is 8.83. The van der Waals surface area contributed by atoms with Gasteiger partial charge in [-0.25, -0.2) is 4.79 Å². The number of nitrogens with zero attached hydrogens (tertiary/aromatic N) is 2. The fourth-order valence-corrected chi connectivity index (χ4v) is 7.97. The molecule has 8 nitrogen and oxygen atoms in total. The van der Waals surface area contributed by atoms with Gasteiger partial charge in [-0.1, -0.05) is 75.1 Å². The zero-order valence-electron chi connectivity index (χ0n) is 25.7. The van der Waals surface area contributed by atoms with Gasteiger partial charge in [0.2, 0.25) is 5.91 Å². The van der Waals surface area contributed by atoms with Crippen LogP contribution in [0.5, 0.6) is 5.75 Å². The molecule has 3 N–H and O–H groups in total. The van der Waals surface area contributed by atoms with Crippen molar-refractivity contribution in [3.05, 3.63) is 51.2 Å². The highest BCUT2D eigenvalue weighted by Crippen LogP contribution is 2.30. The number of Topliss-reactive ketones (excluding diaryl/α,β-unsaturated/α-hetero) is 1. The summed E-state index contributed by atoms with van der Waals surface area (Å²) in [5.74, 6) is 0.748. The number of nitrogens with two attached hydrogens (primary N) is 1. The molecule has 2 aliphatic carbocycles. The smallest absolute Gasteiger partial charge is 0.409 e. The standard InChI is InChI=1S/C34H47ClN4O4S/c35-28-20-25(22-36)13-16-32(28)43-34(42)38-17-18-39(30(23-38)31(40)15-14-27-12-7-19-44-27)33(41)29(21-24-8-3-1-4-9-24)37-26-10-5-2-6-11-26/h7,12-13,16,19-20,24,26,29-30,37H,1-6,8-11,14-15,17-18,21-23,36H2/t29-,30+/m1/s1. The molecule has 2 heterocycles. The molecule has 10 heteroatoms. The number of aryl methyl sites for hydroxylation is 1. The number of ether oxygens (including phenoxy) is 1. The first-order valence-electron chi connectivity index (χ1n) is 16.5. The van der Waals surface area contributed by atoms with Crippen LogP contribution in [0.2, 0.25) is 5.02 Å². The molecule has 0 unspecified atom stereocenters. The molecule has 3 aliphatic rings. The van der Waals surface area contributed by atoms with Gasteiger partial charge in [-0.2, -0.15) is 0 Å². The average molecular weight is 643 g/mol. The number of benzene rings is 1. The Morgan fingerprint density at radius 3 is 2.45 bits per heavy atom. The quantitative estimate of drug-likeness (QED) is 0.297. The summed E-state index contributed by atoms with van der Waals surface area (Å²) in [6.07, 6.45) is 13.0. The van der Waals surface area contributed by atoms with E-state index in [-0.39, 0.29) is 43.1 Å². The van der Waals surface area contributed by atoms with E-state index in [4.69, 9.17) is 22.1 Å². The second-order valence-corrected chi connectivity index (χ2v) is 14.1. The van der Waals surface area contributed by atoms with Gasteiger partial charge in [0.25, 0.3) is 0 Å². The van der Waals surface area contributed by atoms with Gasteiger partial charge in [-0.05, 0) is 60.7 Å². The molecule has 2 saturated carbocycles. The van der Waals surface area contributed by atoms with Crippen LogP contribution in [-0.4, -0.2) is 65.3 Å². The van der Waals surface area contributed by atoms with Crippen molar-refractivity contribution in [1.82, 2.24) is 15.1 Å². The Bertz CT molecular complexity index is 1230. The Hall–Kier alpha value is -2.46. The van der Waals surface area contributed by atoms with Crippen LogP contribution >= 0.6 is 22.9 Å². The third-order valence-electron chi connectivity index (χ3n) is 9.55. The monoisotopic (exact) mass is 642 g/mol. The van der Waals surface area contributed by atoms with Crippen molar-refractivity contribution in [2.45, 2.75) is 108 Å². The number of piperazine rings is 1. The summed E-state index contributed by atoms with van der Waals surface area (Å²) in [7, 11) is 0. The summed E-state index contributed by atoms with van der Waals surface area (Å²) < 4.78 is 5.66. The first kappa shape index (κ1) is 32.9. The van der Waals surface area contributed by atoms with Gasteiger partial charge in [-0.15, -0.1) is 11.3 Å². The minimum absolute atomic E-state index is 0.00376. The SMILES string of the molecule is NCc1ccc(OC(=O)N2CCN(C(=O)[C@@H](CC3CCCCC3)NC3CCCCC3)[C@H](C(=O)CCc3cccs3)C2)c(Cl)c1. The van der Waals surface area contributed by atoms with E-state index in [1.165, 1.54) is 43.4 Å². The van der Waals surface area contributed by atoms with Crippen LogP contribution in [0.3, 0.4) is 0 Å². The molecule has 1 aromatic carbocycles. The number of carbonyl (C=O) groups excluding carboxylic acids is 3. The lowest BCUT2D eigenvalue weighted by molar-refractivity contribution is -0.145. The van der Waals surface area contributed by atoms with Gasteiger partial charge in [0.1, 0.15) is 6.04 Å². The van der Waals surface area contributed by atoms with Crippen molar-refractivity contribution in [1.29, 1.82) is 0 Å².